The molecule has 0 radical (unpaired) electrons. The van der Waals surface area contributed by atoms with Crippen LogP contribution in [0.2, 0.25) is 0 Å². The molecule has 0 saturated heterocycles. The molecule has 176 valence electrons. The molecule has 0 unspecified atom stereocenters. The van der Waals surface area contributed by atoms with Crippen molar-refractivity contribution in [3.8, 4) is 34.0 Å². The van der Waals surface area contributed by atoms with E-state index in [0.717, 1.165) is 54.3 Å². The molecule has 0 atom stereocenters. The van der Waals surface area contributed by atoms with E-state index in [1.54, 1.807) is 14.2 Å². The van der Waals surface area contributed by atoms with Gasteiger partial charge in [-0.2, -0.15) is 0 Å². The zero-order chi connectivity index (χ0) is 23.6. The van der Waals surface area contributed by atoms with Gasteiger partial charge in [0.05, 0.1) is 14.2 Å². The molecule has 2 aromatic heterocycles. The number of benzene rings is 2. The minimum absolute atomic E-state index is 0. The second kappa shape index (κ2) is 11.2. The van der Waals surface area contributed by atoms with Gasteiger partial charge < -0.3 is 19.4 Å². The summed E-state index contributed by atoms with van der Waals surface area (Å²) >= 11 is 7.06. The molecule has 0 aliphatic carbocycles. The standard InChI is InChI=1S/C27H22Br2N2O2.Pt/c1-27(2,25-15-21(32-3)13-23(30-25)17-7-5-9-19(28)11-17)26-16-22(33-4)14-24(31-26)18-8-6-10-20(29)12-18;/h5-6,9-16H,1-4H3;/q-2;+2. The van der Waals surface area contributed by atoms with Crippen molar-refractivity contribution in [1.82, 2.24) is 9.97 Å². The van der Waals surface area contributed by atoms with Crippen LogP contribution in [0.3, 0.4) is 0 Å². The normalized spacial score (nSPS) is 11.0. The van der Waals surface area contributed by atoms with Gasteiger partial charge in [0.1, 0.15) is 11.5 Å². The Kier molecular flexibility index (Phi) is 8.72. The van der Waals surface area contributed by atoms with Crippen LogP contribution in [-0.2, 0) is 26.5 Å². The average Bonchev–Trinajstić information content (AvgIpc) is 2.83. The van der Waals surface area contributed by atoms with Gasteiger partial charge in [-0.25, -0.2) is 0 Å². The smallest absolute Gasteiger partial charge is 0.497 e. The molecule has 0 spiro atoms. The summed E-state index contributed by atoms with van der Waals surface area (Å²) in [5.74, 6) is 1.44. The number of hydrogen-bond donors (Lipinski definition) is 0. The van der Waals surface area contributed by atoms with E-state index in [1.807, 2.05) is 60.7 Å². The molecule has 0 aliphatic heterocycles. The minimum Gasteiger partial charge on any atom is -0.497 e. The minimum atomic E-state index is -0.537. The third kappa shape index (κ3) is 5.79. The van der Waals surface area contributed by atoms with E-state index in [4.69, 9.17) is 19.4 Å². The Bertz CT molecular complexity index is 1210. The molecule has 0 aliphatic rings. The van der Waals surface area contributed by atoms with Crippen LogP contribution < -0.4 is 9.47 Å². The van der Waals surface area contributed by atoms with Crippen molar-refractivity contribution >= 4 is 31.9 Å². The second-order valence-electron chi connectivity index (χ2n) is 8.02. The molecular formula is C27H22Br2N2O2Pt. The Hall–Kier alpha value is -2.01. The SMILES string of the molecule is COc1cc(-c2[c-]ccc(Br)c2)nc(C(C)(C)c2cc(OC)cc(-c3[c-]ccc(Br)c3)n2)c1.[Pt+2]. The molecule has 4 rings (SSSR count). The molecule has 7 heteroatoms. The molecule has 4 aromatic rings. The maximum absolute atomic E-state index is 5.61. The van der Waals surface area contributed by atoms with Gasteiger partial charge in [-0.05, 0) is 37.4 Å². The van der Waals surface area contributed by atoms with Gasteiger partial charge in [0, 0.05) is 28.9 Å². The van der Waals surface area contributed by atoms with Crippen LogP contribution in [0, 0.1) is 12.1 Å². The fraction of sp³-hybridized carbons (Fsp3) is 0.185. The summed E-state index contributed by atoms with van der Waals surface area (Å²) in [5, 5.41) is 0. The summed E-state index contributed by atoms with van der Waals surface area (Å²) in [7, 11) is 3.32. The van der Waals surface area contributed by atoms with E-state index in [-0.39, 0.29) is 21.1 Å². The Balaban J connectivity index is 0.00000324. The number of aromatic nitrogens is 2. The van der Waals surface area contributed by atoms with Crippen LogP contribution in [0.15, 0.2) is 69.6 Å². The summed E-state index contributed by atoms with van der Waals surface area (Å²) in [6, 6.07) is 25.8. The number of rotatable bonds is 6. The van der Waals surface area contributed by atoms with E-state index >= 15 is 0 Å². The fourth-order valence-corrected chi connectivity index (χ4v) is 4.19. The Morgan fingerprint density at radius 2 is 1.12 bits per heavy atom. The molecular weight excluding hydrogens is 739 g/mol. The Morgan fingerprint density at radius 1 is 0.706 bits per heavy atom. The van der Waals surface area contributed by atoms with Crippen molar-refractivity contribution in [2.45, 2.75) is 19.3 Å². The molecule has 0 N–H and O–H groups in total. The van der Waals surface area contributed by atoms with Crippen LogP contribution in [-0.4, -0.2) is 24.2 Å². The monoisotopic (exact) mass is 759 g/mol. The molecule has 0 bridgehead atoms. The first kappa shape index (κ1) is 26.6. The molecule has 0 saturated carbocycles. The van der Waals surface area contributed by atoms with Gasteiger partial charge in [0.2, 0.25) is 0 Å². The van der Waals surface area contributed by atoms with Gasteiger partial charge in [-0.3, -0.25) is 0 Å². The van der Waals surface area contributed by atoms with Crippen LogP contribution in [0.1, 0.15) is 25.2 Å². The summed E-state index contributed by atoms with van der Waals surface area (Å²) in [6.07, 6.45) is 0. The summed E-state index contributed by atoms with van der Waals surface area (Å²) < 4.78 is 13.1. The van der Waals surface area contributed by atoms with Gasteiger partial charge in [-0.1, -0.05) is 40.8 Å². The van der Waals surface area contributed by atoms with Gasteiger partial charge in [-0.15, -0.1) is 59.7 Å². The van der Waals surface area contributed by atoms with E-state index < -0.39 is 5.41 Å². The third-order valence-corrected chi connectivity index (χ3v) is 6.42. The van der Waals surface area contributed by atoms with Crippen molar-refractivity contribution in [1.29, 1.82) is 0 Å². The molecule has 34 heavy (non-hydrogen) atoms. The zero-order valence-electron chi connectivity index (χ0n) is 19.1. The second-order valence-corrected chi connectivity index (χ2v) is 9.85. The predicted molar refractivity (Wildman–Crippen MR) is 138 cm³/mol. The van der Waals surface area contributed by atoms with E-state index in [1.165, 1.54) is 0 Å². The first-order valence-corrected chi connectivity index (χ1v) is 11.9. The molecule has 0 amide bonds. The quantitative estimate of drug-likeness (QED) is 0.194. The Labute approximate surface area is 231 Å². The van der Waals surface area contributed by atoms with Crippen molar-refractivity contribution in [2.24, 2.45) is 0 Å². The van der Waals surface area contributed by atoms with Crippen molar-refractivity contribution in [3.05, 3.63) is 93.1 Å². The Morgan fingerprint density at radius 3 is 1.47 bits per heavy atom. The molecule has 2 heterocycles. The number of halogens is 2. The van der Waals surface area contributed by atoms with E-state index in [2.05, 4.69) is 57.8 Å². The first-order chi connectivity index (χ1) is 15.8. The van der Waals surface area contributed by atoms with Crippen LogP contribution in [0.25, 0.3) is 22.5 Å². The summed E-state index contributed by atoms with van der Waals surface area (Å²) in [4.78, 5) is 9.97. The molecule has 4 nitrogen and oxygen atoms in total. The van der Waals surface area contributed by atoms with Crippen LogP contribution >= 0.6 is 31.9 Å². The van der Waals surface area contributed by atoms with Crippen molar-refractivity contribution < 1.29 is 30.5 Å². The maximum Gasteiger partial charge on any atom is 2.00 e. The van der Waals surface area contributed by atoms with E-state index in [9.17, 15) is 0 Å². The summed E-state index contributed by atoms with van der Waals surface area (Å²) in [5.41, 5.74) is 4.44. The van der Waals surface area contributed by atoms with Crippen LogP contribution in [0.4, 0.5) is 0 Å². The van der Waals surface area contributed by atoms with E-state index in [0.29, 0.717) is 0 Å². The number of ether oxygens (including phenoxy) is 2. The molecule has 0 fully saturated rings. The zero-order valence-corrected chi connectivity index (χ0v) is 24.5. The summed E-state index contributed by atoms with van der Waals surface area (Å²) in [6.45, 7) is 4.19. The number of pyridine rings is 2. The van der Waals surface area contributed by atoms with Crippen molar-refractivity contribution in [3.63, 3.8) is 0 Å². The topological polar surface area (TPSA) is 44.2 Å². The van der Waals surface area contributed by atoms with Crippen molar-refractivity contribution in [2.75, 3.05) is 14.2 Å². The number of methoxy groups -OCH3 is 2. The third-order valence-electron chi connectivity index (χ3n) is 5.43. The van der Waals surface area contributed by atoms with Gasteiger partial charge >= 0.3 is 21.1 Å². The maximum atomic E-state index is 5.61. The van der Waals surface area contributed by atoms with Crippen LogP contribution in [0.5, 0.6) is 11.5 Å². The number of hydrogen-bond acceptors (Lipinski definition) is 4. The van der Waals surface area contributed by atoms with Gasteiger partial charge in [0.15, 0.2) is 0 Å². The largest absolute Gasteiger partial charge is 2.00 e. The fourth-order valence-electron chi connectivity index (χ4n) is 3.47. The number of nitrogens with zero attached hydrogens (tertiary/aromatic N) is 2. The molecule has 2 aromatic carbocycles. The van der Waals surface area contributed by atoms with Gasteiger partial charge in [0.25, 0.3) is 0 Å². The first-order valence-electron chi connectivity index (χ1n) is 10.3. The average molecular weight is 761 g/mol. The predicted octanol–water partition coefficient (Wildman–Crippen LogP) is 7.28.